The number of anilines is 2. The zero-order valence-electron chi connectivity index (χ0n) is 21.0. The van der Waals surface area contributed by atoms with E-state index in [2.05, 4.69) is 10.1 Å². The van der Waals surface area contributed by atoms with Crippen molar-refractivity contribution in [1.82, 2.24) is 19.5 Å². The summed E-state index contributed by atoms with van der Waals surface area (Å²) in [4.78, 5) is 20.1. The Hall–Kier alpha value is -2.86. The molecule has 3 aromatic rings. The van der Waals surface area contributed by atoms with Gasteiger partial charge in [0.05, 0.1) is 29.1 Å². The first kappa shape index (κ1) is 26.7. The fraction of sp³-hybridized carbons (Fsp3) is 0.480. The van der Waals surface area contributed by atoms with Gasteiger partial charge in [-0.25, -0.2) is 17.9 Å². The number of benzene rings is 1. The molecular weight excluding hydrogens is 543 g/mol. The molecule has 8 nitrogen and oxygen atoms in total. The van der Waals surface area contributed by atoms with E-state index in [9.17, 15) is 26.4 Å². The Bertz CT molecular complexity index is 1490. The van der Waals surface area contributed by atoms with E-state index in [1.165, 1.54) is 12.1 Å². The Labute approximate surface area is 223 Å². The van der Waals surface area contributed by atoms with Crippen molar-refractivity contribution in [3.8, 4) is 0 Å². The molecule has 0 radical (unpaired) electrons. The average molecular weight is 570 g/mol. The molecule has 13 heteroatoms. The minimum absolute atomic E-state index is 0.0297. The van der Waals surface area contributed by atoms with Crippen molar-refractivity contribution < 1.29 is 26.4 Å². The number of sulfone groups is 1. The molecule has 2 aliphatic rings. The van der Waals surface area contributed by atoms with Gasteiger partial charge in [0.1, 0.15) is 9.84 Å². The minimum Gasteiger partial charge on any atom is -0.338 e. The molecule has 0 saturated carbocycles. The summed E-state index contributed by atoms with van der Waals surface area (Å²) in [5.41, 5.74) is 2.53. The van der Waals surface area contributed by atoms with Gasteiger partial charge in [-0.1, -0.05) is 37.6 Å². The van der Waals surface area contributed by atoms with Crippen LogP contribution in [0.5, 0.6) is 0 Å². The van der Waals surface area contributed by atoms with Crippen molar-refractivity contribution in [1.29, 1.82) is 0 Å². The van der Waals surface area contributed by atoms with Gasteiger partial charge in [-0.15, -0.1) is 0 Å². The average Bonchev–Trinajstić information content (AvgIpc) is 3.33. The lowest BCUT2D eigenvalue weighted by Crippen LogP contribution is -2.44. The molecule has 38 heavy (non-hydrogen) atoms. The van der Waals surface area contributed by atoms with Gasteiger partial charge in [0.25, 0.3) is 0 Å². The minimum atomic E-state index is -4.72. The first-order chi connectivity index (χ1) is 17.7. The third kappa shape index (κ3) is 4.72. The van der Waals surface area contributed by atoms with Gasteiger partial charge in [-0.2, -0.15) is 18.3 Å². The lowest BCUT2D eigenvalue weighted by atomic mass is 9.91. The summed E-state index contributed by atoms with van der Waals surface area (Å²) < 4.78 is 67.8. The largest absolute Gasteiger partial charge is 0.413 e. The maximum absolute atomic E-state index is 14.2. The maximum Gasteiger partial charge on any atom is 0.413 e. The van der Waals surface area contributed by atoms with E-state index >= 15 is 0 Å². The van der Waals surface area contributed by atoms with E-state index < -0.39 is 33.9 Å². The van der Waals surface area contributed by atoms with Crippen LogP contribution >= 0.6 is 11.6 Å². The van der Waals surface area contributed by atoms with Crippen LogP contribution in [0.15, 0.2) is 36.5 Å². The molecule has 1 fully saturated rings. The monoisotopic (exact) mass is 569 g/mol. The number of halogens is 4. The Balaban J connectivity index is 1.44. The van der Waals surface area contributed by atoms with Gasteiger partial charge in [0.15, 0.2) is 16.8 Å². The molecule has 5 rings (SSSR count). The van der Waals surface area contributed by atoms with Gasteiger partial charge in [-0.05, 0) is 30.5 Å². The predicted molar refractivity (Wildman–Crippen MR) is 137 cm³/mol. The van der Waals surface area contributed by atoms with Crippen LogP contribution in [0.4, 0.5) is 24.5 Å². The van der Waals surface area contributed by atoms with Crippen molar-refractivity contribution in [2.75, 3.05) is 30.0 Å². The maximum atomic E-state index is 14.2. The zero-order valence-corrected chi connectivity index (χ0v) is 22.6. The molecule has 0 unspecified atom stereocenters. The number of carbonyl (C=O) groups excluding carboxylic acids is 1. The highest BCUT2D eigenvalue weighted by atomic mass is 35.5. The Morgan fingerprint density at radius 2 is 1.82 bits per heavy atom. The molecule has 0 N–H and O–H groups in total. The topological polar surface area (TPSA) is 87.9 Å². The third-order valence-electron chi connectivity index (χ3n) is 7.39. The number of nitrogens with zero attached hydrogens (tertiary/aromatic N) is 5. The number of alkyl halides is 3. The molecule has 0 bridgehead atoms. The molecule has 1 atom stereocenters. The molecule has 0 aliphatic carbocycles. The summed E-state index contributed by atoms with van der Waals surface area (Å²) >= 11 is 6.09. The van der Waals surface area contributed by atoms with Crippen LogP contribution < -0.4 is 4.90 Å². The van der Waals surface area contributed by atoms with E-state index in [0.717, 1.165) is 18.4 Å². The van der Waals surface area contributed by atoms with Gasteiger partial charge >= 0.3 is 6.18 Å². The molecule has 4 heterocycles. The quantitative estimate of drug-likeness (QED) is 0.453. The molecular formula is C25H27ClF3N5O3S. The molecule has 1 amide bonds. The van der Waals surface area contributed by atoms with Gasteiger partial charge in [0, 0.05) is 36.7 Å². The Morgan fingerprint density at radius 3 is 2.42 bits per heavy atom. The highest BCUT2D eigenvalue weighted by molar-refractivity contribution is 7.91. The van der Waals surface area contributed by atoms with Crippen LogP contribution in [-0.4, -0.2) is 65.1 Å². The highest BCUT2D eigenvalue weighted by Gasteiger charge is 2.47. The number of carbonyl (C=O) groups is 1. The van der Waals surface area contributed by atoms with Gasteiger partial charge in [0.2, 0.25) is 5.91 Å². The first-order valence-electron chi connectivity index (χ1n) is 12.1. The zero-order chi connectivity index (χ0) is 27.6. The third-order valence-corrected chi connectivity index (χ3v) is 9.29. The standard InChI is InChI=1S/C25H27ClF3N5O3S/c1-24(2)14-33(18-13-30-20-12-19(26)31-34(20)22(18)24)17-6-4-15(5-7-17)21(25(27,28)29)32(3)23(35)16-8-10-38(36,37)11-9-16/h4-7,12-13,16,21H,8-11,14H2,1-3H3/t21-/m0/s1. The number of amides is 1. The van der Waals surface area contributed by atoms with Crippen LogP contribution in [-0.2, 0) is 20.0 Å². The predicted octanol–water partition coefficient (Wildman–Crippen LogP) is 4.70. The van der Waals surface area contributed by atoms with E-state index in [4.69, 9.17) is 11.6 Å². The van der Waals surface area contributed by atoms with Crippen molar-refractivity contribution >= 4 is 44.4 Å². The number of fused-ring (bicyclic) bond motifs is 3. The molecule has 1 saturated heterocycles. The fourth-order valence-corrected chi connectivity index (χ4v) is 7.20. The van der Waals surface area contributed by atoms with Gasteiger partial charge < -0.3 is 9.80 Å². The van der Waals surface area contributed by atoms with E-state index in [1.54, 1.807) is 28.9 Å². The Morgan fingerprint density at radius 1 is 1.18 bits per heavy atom. The van der Waals surface area contributed by atoms with Crippen LogP contribution in [0.25, 0.3) is 5.65 Å². The molecule has 204 valence electrons. The van der Waals surface area contributed by atoms with Crippen LogP contribution in [0.3, 0.4) is 0 Å². The number of aromatic nitrogens is 3. The highest BCUT2D eigenvalue weighted by Crippen LogP contribution is 2.45. The second-order valence-electron chi connectivity index (χ2n) is 10.6. The smallest absolute Gasteiger partial charge is 0.338 e. The van der Waals surface area contributed by atoms with Gasteiger partial charge in [-0.3, -0.25) is 4.79 Å². The lowest BCUT2D eigenvalue weighted by molar-refractivity contribution is -0.190. The van der Waals surface area contributed by atoms with Crippen LogP contribution in [0.2, 0.25) is 5.15 Å². The summed E-state index contributed by atoms with van der Waals surface area (Å²) in [5.74, 6) is -1.84. The van der Waals surface area contributed by atoms with Crippen molar-refractivity contribution in [3.63, 3.8) is 0 Å². The summed E-state index contributed by atoms with van der Waals surface area (Å²) in [5, 5.41) is 4.67. The summed E-state index contributed by atoms with van der Waals surface area (Å²) in [6, 6.07) is 5.47. The Kier molecular flexibility index (Phi) is 6.41. The number of hydrogen-bond donors (Lipinski definition) is 0. The SMILES string of the molecule is CN(C(=O)C1CCS(=O)(=O)CC1)[C@@H](c1ccc(N2CC(C)(C)c3c2cnc2cc(Cl)nn32)cc1)C(F)(F)F. The summed E-state index contributed by atoms with van der Waals surface area (Å²) in [7, 11) is -2.12. The lowest BCUT2D eigenvalue weighted by Gasteiger charge is -2.34. The summed E-state index contributed by atoms with van der Waals surface area (Å²) in [6.07, 6.45) is -2.95. The second-order valence-corrected chi connectivity index (χ2v) is 13.3. The molecule has 0 spiro atoms. The number of hydrogen-bond acceptors (Lipinski definition) is 6. The van der Waals surface area contributed by atoms with Crippen LogP contribution in [0.1, 0.15) is 44.0 Å². The van der Waals surface area contributed by atoms with Crippen molar-refractivity contribution in [3.05, 3.63) is 52.9 Å². The summed E-state index contributed by atoms with van der Waals surface area (Å²) in [6.45, 7) is 4.64. The van der Waals surface area contributed by atoms with E-state index in [-0.39, 0.29) is 35.3 Å². The normalized spacial score (nSPS) is 19.9. The first-order valence-corrected chi connectivity index (χ1v) is 14.3. The van der Waals surface area contributed by atoms with Crippen LogP contribution in [0, 0.1) is 5.92 Å². The fourth-order valence-electron chi connectivity index (χ4n) is 5.53. The number of rotatable bonds is 4. The van der Waals surface area contributed by atoms with Crippen molar-refractivity contribution in [2.24, 2.45) is 5.92 Å². The molecule has 2 aromatic heterocycles. The van der Waals surface area contributed by atoms with E-state index in [1.807, 2.05) is 18.7 Å². The molecule has 2 aliphatic heterocycles. The van der Waals surface area contributed by atoms with Crippen molar-refractivity contribution in [2.45, 2.75) is 44.3 Å². The van der Waals surface area contributed by atoms with E-state index in [0.29, 0.717) is 27.9 Å². The second kappa shape index (κ2) is 9.11. The molecule has 1 aromatic carbocycles.